The molecule has 2 aliphatic heterocycles. The molecule has 0 fully saturated rings. The fraction of sp³-hybridized carbons (Fsp3) is 0.0625. The number of H-pyrrole nitrogens is 2. The maximum atomic E-state index is 12.5. The van der Waals surface area contributed by atoms with E-state index in [1.54, 1.807) is 24.4 Å². The van der Waals surface area contributed by atoms with Gasteiger partial charge in [0.25, 0.3) is 5.56 Å². The summed E-state index contributed by atoms with van der Waals surface area (Å²) in [5.74, 6) is 0.868. The van der Waals surface area contributed by atoms with E-state index < -0.39 is 6.04 Å². The highest BCUT2D eigenvalue weighted by molar-refractivity contribution is 7.71. The van der Waals surface area contributed by atoms with Gasteiger partial charge in [-0.05, 0) is 36.0 Å². The number of nitrogens with one attached hydrogen (secondary N) is 2. The van der Waals surface area contributed by atoms with E-state index >= 15 is 0 Å². The van der Waals surface area contributed by atoms with Crippen molar-refractivity contribution in [1.82, 2.24) is 14.9 Å². The van der Waals surface area contributed by atoms with E-state index in [9.17, 15) is 4.79 Å². The van der Waals surface area contributed by atoms with Gasteiger partial charge in [-0.25, -0.2) is 4.99 Å². The molecule has 116 valence electrons. The van der Waals surface area contributed by atoms with Gasteiger partial charge in [0.15, 0.2) is 4.77 Å². The summed E-state index contributed by atoms with van der Waals surface area (Å²) in [6.07, 6.45) is 5.23. The second-order valence-corrected chi connectivity index (χ2v) is 5.65. The highest BCUT2D eigenvalue weighted by atomic mass is 32.1. The summed E-state index contributed by atoms with van der Waals surface area (Å²) in [6.45, 7) is 0. The van der Waals surface area contributed by atoms with Crippen molar-refractivity contribution < 1.29 is 0 Å². The molecule has 3 heterocycles. The van der Waals surface area contributed by atoms with Crippen LogP contribution in [-0.4, -0.2) is 27.0 Å². The first-order chi connectivity index (χ1) is 11.7. The molecule has 8 heteroatoms. The lowest BCUT2D eigenvalue weighted by atomic mass is 9.96. The van der Waals surface area contributed by atoms with Gasteiger partial charge in [0, 0.05) is 12.4 Å². The van der Waals surface area contributed by atoms with Crippen LogP contribution in [0.4, 0.5) is 5.82 Å². The number of rotatable bonds is 1. The van der Waals surface area contributed by atoms with Crippen molar-refractivity contribution in [3.8, 4) is 6.07 Å². The average Bonchev–Trinajstić information content (AvgIpc) is 2.60. The van der Waals surface area contributed by atoms with Crippen molar-refractivity contribution in [3.05, 3.63) is 68.4 Å². The number of fused-ring (bicyclic) bond motifs is 2. The second-order valence-electron chi connectivity index (χ2n) is 5.25. The third-order valence-corrected chi connectivity index (χ3v) is 4.04. The van der Waals surface area contributed by atoms with Gasteiger partial charge in [0.05, 0.1) is 23.2 Å². The number of nitrogens with zero attached hydrogens (tertiary/aromatic N) is 4. The number of guanidine groups is 1. The maximum Gasteiger partial charge on any atom is 0.259 e. The molecule has 0 aliphatic carbocycles. The molecule has 0 saturated heterocycles. The largest absolute Gasteiger partial charge is 0.316 e. The molecular weight excluding hydrogens is 324 g/mol. The van der Waals surface area contributed by atoms with Crippen LogP contribution in [0, 0.1) is 16.1 Å². The Bertz CT molecular complexity index is 1070. The lowest BCUT2D eigenvalue weighted by Gasteiger charge is -2.34. The molecule has 0 spiro atoms. The number of hydrogen-bond acceptors (Lipinski definition) is 6. The van der Waals surface area contributed by atoms with Gasteiger partial charge in [-0.15, -0.1) is 0 Å². The topological polar surface area (TPSA) is 100 Å². The fourth-order valence-corrected chi connectivity index (χ4v) is 2.98. The van der Waals surface area contributed by atoms with Crippen LogP contribution in [0.15, 0.2) is 51.3 Å². The van der Waals surface area contributed by atoms with E-state index in [1.807, 2.05) is 23.2 Å². The van der Waals surface area contributed by atoms with E-state index in [4.69, 9.17) is 17.5 Å². The Morgan fingerprint density at radius 1 is 1.25 bits per heavy atom. The molecule has 1 atom stereocenters. The molecule has 0 bridgehead atoms. The monoisotopic (exact) mass is 334 g/mol. The maximum absolute atomic E-state index is 12.5. The first-order valence-electron chi connectivity index (χ1n) is 7.12. The molecule has 2 aromatic rings. The van der Waals surface area contributed by atoms with Gasteiger partial charge in [-0.3, -0.25) is 9.78 Å². The molecule has 7 nitrogen and oxygen atoms in total. The fourth-order valence-electron chi connectivity index (χ4n) is 2.79. The molecule has 1 unspecified atom stereocenters. The minimum absolute atomic E-state index is 0.213. The smallest absolute Gasteiger partial charge is 0.259 e. The van der Waals surface area contributed by atoms with Crippen LogP contribution in [0.5, 0.6) is 0 Å². The second kappa shape index (κ2) is 5.40. The minimum Gasteiger partial charge on any atom is -0.316 e. The number of benzene rings is 1. The van der Waals surface area contributed by atoms with Crippen LogP contribution in [0.2, 0.25) is 0 Å². The molecule has 0 saturated carbocycles. The van der Waals surface area contributed by atoms with E-state index in [-0.39, 0.29) is 10.3 Å². The van der Waals surface area contributed by atoms with E-state index in [1.165, 1.54) is 0 Å². The Morgan fingerprint density at radius 3 is 2.79 bits per heavy atom. The van der Waals surface area contributed by atoms with Crippen LogP contribution in [-0.2, 0) is 0 Å². The Labute approximate surface area is 141 Å². The number of hydrogen-bond donors (Lipinski definition) is 2. The Hall–Kier alpha value is -3.31. The van der Waals surface area contributed by atoms with E-state index in [2.05, 4.69) is 26.0 Å². The summed E-state index contributed by atoms with van der Waals surface area (Å²) >= 11 is 5.04. The summed E-state index contributed by atoms with van der Waals surface area (Å²) in [4.78, 5) is 28.5. The van der Waals surface area contributed by atoms with Gasteiger partial charge >= 0.3 is 0 Å². The van der Waals surface area contributed by atoms with Gasteiger partial charge in [0.2, 0.25) is 5.96 Å². The Balaban J connectivity index is 1.98. The van der Waals surface area contributed by atoms with Crippen LogP contribution < -0.4 is 5.56 Å². The molecular formula is C16H10N6OS. The normalized spacial score (nSPS) is 17.7. The summed E-state index contributed by atoms with van der Waals surface area (Å²) < 4.78 is 0.213. The van der Waals surface area contributed by atoms with Crippen molar-refractivity contribution in [2.75, 3.05) is 0 Å². The van der Waals surface area contributed by atoms with Crippen molar-refractivity contribution in [3.63, 3.8) is 0 Å². The van der Waals surface area contributed by atoms with Gasteiger partial charge < -0.3 is 9.88 Å². The zero-order chi connectivity index (χ0) is 16.7. The number of aliphatic imine (C=N–C) groups is 2. The van der Waals surface area contributed by atoms with Gasteiger partial charge in [0.1, 0.15) is 5.82 Å². The summed E-state index contributed by atoms with van der Waals surface area (Å²) in [5, 5.41) is 8.98. The zero-order valence-electron chi connectivity index (χ0n) is 12.2. The average molecular weight is 334 g/mol. The lowest BCUT2D eigenvalue weighted by molar-refractivity contribution is 0.451. The summed E-state index contributed by atoms with van der Waals surface area (Å²) in [7, 11) is 0. The number of aromatic amines is 2. The Morgan fingerprint density at radius 2 is 2.04 bits per heavy atom. The van der Waals surface area contributed by atoms with Crippen molar-refractivity contribution >= 4 is 30.2 Å². The number of aromatic nitrogens is 2. The quantitative estimate of drug-likeness (QED) is 0.781. The SMILES string of the molecule is N#Cc1ccc(C2c3c([nH]c(=S)[nH]c3=O)N=C3N=CC=CN32)cc1. The third-order valence-electron chi connectivity index (χ3n) is 3.83. The first kappa shape index (κ1) is 14.3. The molecule has 24 heavy (non-hydrogen) atoms. The van der Waals surface area contributed by atoms with Crippen molar-refractivity contribution in [2.45, 2.75) is 6.04 Å². The highest BCUT2D eigenvalue weighted by Crippen LogP contribution is 2.36. The zero-order valence-corrected chi connectivity index (χ0v) is 13.0. The van der Waals surface area contributed by atoms with Gasteiger partial charge in [-0.1, -0.05) is 12.1 Å². The van der Waals surface area contributed by atoms with E-state index in [0.717, 1.165) is 5.56 Å². The standard InChI is InChI=1S/C16H10N6OS/c17-8-9-2-4-10(5-3-9)12-11-13(20-16(24)21-14(11)23)19-15-18-6-1-7-22(12)15/h1-7,12H,(H2,20,21,23,24). The molecule has 0 radical (unpaired) electrons. The third kappa shape index (κ3) is 2.19. The summed E-state index contributed by atoms with van der Waals surface area (Å²) in [5.41, 5.74) is 1.56. The van der Waals surface area contributed by atoms with Crippen molar-refractivity contribution in [2.24, 2.45) is 9.98 Å². The van der Waals surface area contributed by atoms with Crippen LogP contribution in [0.1, 0.15) is 22.7 Å². The van der Waals surface area contributed by atoms with Gasteiger partial charge in [-0.2, -0.15) is 10.3 Å². The Kier molecular flexibility index (Phi) is 3.22. The minimum atomic E-state index is -0.412. The number of allylic oxidation sites excluding steroid dienone is 1. The van der Waals surface area contributed by atoms with Crippen LogP contribution in [0.25, 0.3) is 0 Å². The van der Waals surface area contributed by atoms with Crippen LogP contribution in [0.3, 0.4) is 0 Å². The van der Waals surface area contributed by atoms with E-state index in [0.29, 0.717) is 22.9 Å². The predicted octanol–water partition coefficient (Wildman–Crippen LogP) is 2.29. The molecule has 2 aliphatic rings. The molecule has 4 rings (SSSR count). The van der Waals surface area contributed by atoms with Crippen LogP contribution >= 0.6 is 12.2 Å². The predicted molar refractivity (Wildman–Crippen MR) is 91.8 cm³/mol. The lowest BCUT2D eigenvalue weighted by Crippen LogP contribution is -2.37. The molecule has 1 aromatic heterocycles. The highest BCUT2D eigenvalue weighted by Gasteiger charge is 2.33. The first-order valence-corrected chi connectivity index (χ1v) is 7.52. The van der Waals surface area contributed by atoms with Crippen molar-refractivity contribution in [1.29, 1.82) is 5.26 Å². The molecule has 0 amide bonds. The number of nitriles is 1. The summed E-state index contributed by atoms with van der Waals surface area (Å²) in [6, 6.07) is 8.76. The molecule has 1 aromatic carbocycles. The molecule has 2 N–H and O–H groups in total.